The lowest BCUT2D eigenvalue weighted by molar-refractivity contribution is -0.129. The maximum absolute atomic E-state index is 11.9. The van der Waals surface area contributed by atoms with Crippen LogP contribution < -0.4 is 5.32 Å². The molecule has 0 bridgehead atoms. The van der Waals surface area contributed by atoms with E-state index in [2.05, 4.69) is 10.4 Å². The lowest BCUT2D eigenvalue weighted by Crippen LogP contribution is -2.28. The maximum Gasteiger partial charge on any atom is 0.253 e. The van der Waals surface area contributed by atoms with Crippen molar-refractivity contribution >= 4 is 29.1 Å². The first-order valence-electron chi connectivity index (χ1n) is 5.85. The molecular formula is C13H13Cl2N3O2. The highest BCUT2D eigenvalue weighted by Crippen LogP contribution is 2.23. The number of aryl methyl sites for hydroxylation is 1. The third-order valence-electron chi connectivity index (χ3n) is 2.67. The minimum Gasteiger partial charge on any atom is -0.378 e. The Morgan fingerprint density at radius 3 is 2.60 bits per heavy atom. The van der Waals surface area contributed by atoms with E-state index >= 15 is 0 Å². The van der Waals surface area contributed by atoms with Crippen molar-refractivity contribution in [2.45, 2.75) is 12.6 Å². The predicted molar refractivity (Wildman–Crippen MR) is 76.5 cm³/mol. The molecule has 2 aromatic rings. The zero-order chi connectivity index (χ0) is 14.7. The number of hydrogen-bond donors (Lipinski definition) is 2. The van der Waals surface area contributed by atoms with Gasteiger partial charge < -0.3 is 10.4 Å². The largest absolute Gasteiger partial charge is 0.378 e. The molecule has 0 fully saturated rings. The lowest BCUT2D eigenvalue weighted by Gasteiger charge is -2.12. The molecule has 2 rings (SSSR count). The molecule has 106 valence electrons. The van der Waals surface area contributed by atoms with Crippen molar-refractivity contribution in [3.05, 3.63) is 51.8 Å². The molecule has 1 amide bonds. The van der Waals surface area contributed by atoms with Crippen LogP contribution in [0.2, 0.25) is 10.0 Å². The van der Waals surface area contributed by atoms with Crippen molar-refractivity contribution in [3.63, 3.8) is 0 Å². The minimum atomic E-state index is -1.32. The van der Waals surface area contributed by atoms with E-state index in [1.54, 1.807) is 24.1 Å². The molecule has 1 heterocycles. The third kappa shape index (κ3) is 3.72. The molecule has 0 saturated heterocycles. The lowest BCUT2D eigenvalue weighted by atomic mass is 10.1. The van der Waals surface area contributed by atoms with Crippen LogP contribution in [-0.2, 0) is 18.4 Å². The zero-order valence-electron chi connectivity index (χ0n) is 10.7. The first kappa shape index (κ1) is 14.8. The van der Waals surface area contributed by atoms with E-state index in [1.165, 1.54) is 18.2 Å². The van der Waals surface area contributed by atoms with Crippen LogP contribution in [0.4, 0.5) is 0 Å². The van der Waals surface area contributed by atoms with E-state index in [9.17, 15) is 9.90 Å². The van der Waals surface area contributed by atoms with Gasteiger partial charge in [0.25, 0.3) is 5.91 Å². The molecule has 1 unspecified atom stereocenters. The number of halogens is 2. The summed E-state index contributed by atoms with van der Waals surface area (Å²) in [5.74, 6) is -0.521. The normalized spacial score (nSPS) is 12.2. The van der Waals surface area contributed by atoms with Crippen LogP contribution in [-0.4, -0.2) is 20.8 Å². The molecule has 0 saturated carbocycles. The number of nitrogens with zero attached hydrogens (tertiary/aromatic N) is 2. The van der Waals surface area contributed by atoms with Crippen molar-refractivity contribution in [1.29, 1.82) is 0 Å². The van der Waals surface area contributed by atoms with Crippen LogP contribution in [0.25, 0.3) is 0 Å². The van der Waals surface area contributed by atoms with Gasteiger partial charge in [0.2, 0.25) is 0 Å². The summed E-state index contributed by atoms with van der Waals surface area (Å²) in [4.78, 5) is 11.9. The van der Waals surface area contributed by atoms with Crippen LogP contribution in [0.1, 0.15) is 17.2 Å². The first-order valence-corrected chi connectivity index (χ1v) is 6.60. The van der Waals surface area contributed by atoms with Crippen molar-refractivity contribution in [1.82, 2.24) is 15.1 Å². The molecule has 7 heteroatoms. The quantitative estimate of drug-likeness (QED) is 0.908. The van der Waals surface area contributed by atoms with E-state index < -0.39 is 12.0 Å². The van der Waals surface area contributed by atoms with Gasteiger partial charge in [0, 0.05) is 35.4 Å². The van der Waals surface area contributed by atoms with Gasteiger partial charge >= 0.3 is 0 Å². The van der Waals surface area contributed by atoms with Crippen LogP contribution in [0.5, 0.6) is 0 Å². The van der Waals surface area contributed by atoms with E-state index in [-0.39, 0.29) is 6.54 Å². The Hall–Kier alpha value is -1.56. The predicted octanol–water partition coefficient (Wildman–Crippen LogP) is 2.08. The average Bonchev–Trinajstić information content (AvgIpc) is 2.79. The average molecular weight is 314 g/mol. The Bertz CT molecular complexity index is 608. The summed E-state index contributed by atoms with van der Waals surface area (Å²) in [6.45, 7) is 0.290. The summed E-state index contributed by atoms with van der Waals surface area (Å²) in [5, 5.41) is 17.3. The SMILES string of the molecule is Cn1cc(CNC(=O)C(O)c2cc(Cl)cc(Cl)c2)cn1. The van der Waals surface area contributed by atoms with Crippen molar-refractivity contribution < 1.29 is 9.90 Å². The Morgan fingerprint density at radius 2 is 2.05 bits per heavy atom. The second-order valence-electron chi connectivity index (χ2n) is 4.35. The zero-order valence-corrected chi connectivity index (χ0v) is 12.2. The smallest absolute Gasteiger partial charge is 0.253 e. The maximum atomic E-state index is 11.9. The summed E-state index contributed by atoms with van der Waals surface area (Å²) in [6.07, 6.45) is 2.11. The van der Waals surface area contributed by atoms with Crippen LogP contribution in [0.15, 0.2) is 30.6 Å². The van der Waals surface area contributed by atoms with Gasteiger partial charge in [-0.15, -0.1) is 0 Å². The first-order chi connectivity index (χ1) is 9.45. The van der Waals surface area contributed by atoms with Crippen molar-refractivity contribution in [3.8, 4) is 0 Å². The monoisotopic (exact) mass is 313 g/mol. The summed E-state index contributed by atoms with van der Waals surface area (Å²) >= 11 is 11.7. The van der Waals surface area contributed by atoms with Crippen LogP contribution in [0.3, 0.4) is 0 Å². The number of benzene rings is 1. The Kier molecular flexibility index (Phi) is 4.65. The van der Waals surface area contributed by atoms with Gasteiger partial charge in [0.05, 0.1) is 6.20 Å². The number of amides is 1. The van der Waals surface area contributed by atoms with Gasteiger partial charge in [0.15, 0.2) is 6.10 Å². The van der Waals surface area contributed by atoms with Gasteiger partial charge in [-0.25, -0.2) is 0 Å². The van der Waals surface area contributed by atoms with Crippen LogP contribution in [0, 0.1) is 0 Å². The van der Waals surface area contributed by atoms with Gasteiger partial charge in [-0.1, -0.05) is 23.2 Å². The minimum absolute atomic E-state index is 0.290. The number of hydrogen-bond acceptors (Lipinski definition) is 3. The van der Waals surface area contributed by atoms with Gasteiger partial charge in [-0.3, -0.25) is 9.48 Å². The summed E-state index contributed by atoms with van der Waals surface area (Å²) in [6, 6.07) is 4.54. The number of carbonyl (C=O) groups excluding carboxylic acids is 1. The molecule has 1 aromatic heterocycles. The van der Waals surface area contributed by atoms with Gasteiger partial charge in [0.1, 0.15) is 0 Å². The number of nitrogens with one attached hydrogen (secondary N) is 1. The molecular weight excluding hydrogens is 301 g/mol. The molecule has 0 aliphatic rings. The van der Waals surface area contributed by atoms with Gasteiger partial charge in [-0.2, -0.15) is 5.10 Å². The summed E-state index contributed by atoms with van der Waals surface area (Å²) in [7, 11) is 1.79. The fourth-order valence-corrected chi connectivity index (χ4v) is 2.28. The van der Waals surface area contributed by atoms with Crippen LogP contribution >= 0.6 is 23.2 Å². The molecule has 1 aromatic carbocycles. The molecule has 0 aliphatic heterocycles. The fraction of sp³-hybridized carbons (Fsp3) is 0.231. The molecule has 0 aliphatic carbocycles. The van der Waals surface area contributed by atoms with E-state index in [1.807, 2.05) is 0 Å². The second-order valence-corrected chi connectivity index (χ2v) is 5.22. The number of aliphatic hydroxyl groups is 1. The summed E-state index contributed by atoms with van der Waals surface area (Å²) in [5.41, 5.74) is 1.20. The molecule has 1 atom stereocenters. The molecule has 20 heavy (non-hydrogen) atoms. The van der Waals surface area contributed by atoms with Gasteiger partial charge in [-0.05, 0) is 23.8 Å². The highest BCUT2D eigenvalue weighted by Gasteiger charge is 2.18. The second kappa shape index (κ2) is 6.26. The van der Waals surface area contributed by atoms with Crippen molar-refractivity contribution in [2.75, 3.05) is 0 Å². The Morgan fingerprint density at radius 1 is 1.40 bits per heavy atom. The number of rotatable bonds is 4. The fourth-order valence-electron chi connectivity index (χ4n) is 1.73. The van der Waals surface area contributed by atoms with E-state index in [4.69, 9.17) is 23.2 Å². The number of aromatic nitrogens is 2. The standard InChI is InChI=1S/C13H13Cl2N3O2/c1-18-7-8(6-17-18)5-16-13(20)12(19)9-2-10(14)4-11(15)3-9/h2-4,6-7,12,19H,5H2,1H3,(H,16,20). The number of aliphatic hydroxyl groups excluding tert-OH is 1. The molecule has 5 nitrogen and oxygen atoms in total. The molecule has 0 spiro atoms. The van der Waals surface area contributed by atoms with E-state index in [0.717, 1.165) is 5.56 Å². The van der Waals surface area contributed by atoms with Crippen molar-refractivity contribution in [2.24, 2.45) is 7.05 Å². The van der Waals surface area contributed by atoms with E-state index in [0.29, 0.717) is 15.6 Å². The third-order valence-corrected chi connectivity index (χ3v) is 3.11. The molecule has 2 N–H and O–H groups in total. The Balaban J connectivity index is 2.01. The Labute approximate surface area is 126 Å². The summed E-state index contributed by atoms with van der Waals surface area (Å²) < 4.78 is 1.63. The highest BCUT2D eigenvalue weighted by molar-refractivity contribution is 6.34. The highest BCUT2D eigenvalue weighted by atomic mass is 35.5. The topological polar surface area (TPSA) is 67.2 Å². The molecule has 0 radical (unpaired) electrons. The number of carbonyl (C=O) groups is 1.